The standard InChI is InChI=1S/C19H25N3O2S/c23-25(24,14-10-17-5-2-1-3-6-17)21-15-18-8-12-22(13-9-18)19-7-4-11-20-16-19/h1-7,11,16,18,21H,8-10,12-15H2. The molecule has 0 spiro atoms. The van der Waals surface area contributed by atoms with E-state index in [0.717, 1.165) is 37.2 Å². The summed E-state index contributed by atoms with van der Waals surface area (Å²) in [5.74, 6) is 0.547. The lowest BCUT2D eigenvalue weighted by atomic mass is 9.97. The summed E-state index contributed by atoms with van der Waals surface area (Å²) >= 11 is 0. The molecule has 1 aliphatic rings. The molecule has 2 heterocycles. The van der Waals surface area contributed by atoms with Crippen molar-refractivity contribution in [3.8, 4) is 0 Å². The van der Waals surface area contributed by atoms with E-state index in [-0.39, 0.29) is 5.75 Å². The van der Waals surface area contributed by atoms with Crippen LogP contribution in [0.5, 0.6) is 0 Å². The van der Waals surface area contributed by atoms with Gasteiger partial charge in [-0.25, -0.2) is 13.1 Å². The van der Waals surface area contributed by atoms with Gasteiger partial charge in [0.2, 0.25) is 10.0 Å². The summed E-state index contributed by atoms with van der Waals surface area (Å²) in [5.41, 5.74) is 2.20. The molecule has 134 valence electrons. The van der Waals surface area contributed by atoms with Crippen molar-refractivity contribution in [2.45, 2.75) is 19.3 Å². The van der Waals surface area contributed by atoms with Crippen molar-refractivity contribution in [2.75, 3.05) is 30.3 Å². The van der Waals surface area contributed by atoms with Gasteiger partial charge in [-0.05, 0) is 42.9 Å². The van der Waals surface area contributed by atoms with Gasteiger partial charge in [0.05, 0.1) is 17.6 Å². The highest BCUT2D eigenvalue weighted by Crippen LogP contribution is 2.22. The fourth-order valence-electron chi connectivity index (χ4n) is 3.15. The highest BCUT2D eigenvalue weighted by Gasteiger charge is 2.21. The number of nitrogens with zero attached hydrogens (tertiary/aromatic N) is 2. The lowest BCUT2D eigenvalue weighted by molar-refractivity contribution is 0.402. The van der Waals surface area contributed by atoms with E-state index in [1.807, 2.05) is 42.6 Å². The molecule has 3 rings (SSSR count). The highest BCUT2D eigenvalue weighted by molar-refractivity contribution is 7.89. The molecule has 1 fully saturated rings. The maximum atomic E-state index is 12.2. The topological polar surface area (TPSA) is 62.3 Å². The minimum atomic E-state index is -3.22. The van der Waals surface area contributed by atoms with Crippen LogP contribution in [0, 0.1) is 5.92 Å². The van der Waals surface area contributed by atoms with Gasteiger partial charge >= 0.3 is 0 Å². The molecule has 0 bridgehead atoms. The van der Waals surface area contributed by atoms with Gasteiger partial charge in [-0.2, -0.15) is 0 Å². The Labute approximate surface area is 150 Å². The molecule has 5 nitrogen and oxygen atoms in total. The monoisotopic (exact) mass is 359 g/mol. The smallest absolute Gasteiger partial charge is 0.211 e. The number of piperidine rings is 1. The van der Waals surface area contributed by atoms with E-state index in [4.69, 9.17) is 0 Å². The predicted octanol–water partition coefficient (Wildman–Crippen LogP) is 2.46. The third-order valence-corrected chi connectivity index (χ3v) is 6.07. The van der Waals surface area contributed by atoms with Gasteiger partial charge in [-0.1, -0.05) is 30.3 Å². The number of hydrogen-bond donors (Lipinski definition) is 1. The van der Waals surface area contributed by atoms with Gasteiger partial charge in [0.25, 0.3) is 0 Å². The Bertz CT molecular complexity index is 743. The Balaban J connectivity index is 1.41. The number of sulfonamides is 1. The first-order chi connectivity index (χ1) is 12.1. The normalized spacial score (nSPS) is 16.1. The van der Waals surface area contributed by atoms with Crippen molar-refractivity contribution < 1.29 is 8.42 Å². The second kappa shape index (κ2) is 8.45. The lowest BCUT2D eigenvalue weighted by Gasteiger charge is -2.33. The summed E-state index contributed by atoms with van der Waals surface area (Å²) in [6.07, 6.45) is 6.20. The second-order valence-corrected chi connectivity index (χ2v) is 8.47. The zero-order valence-corrected chi connectivity index (χ0v) is 15.2. The molecule has 2 aromatic rings. The maximum Gasteiger partial charge on any atom is 0.211 e. The van der Waals surface area contributed by atoms with E-state index in [2.05, 4.69) is 20.7 Å². The number of rotatable bonds is 7. The molecular formula is C19H25N3O2S. The first-order valence-electron chi connectivity index (χ1n) is 8.79. The van der Waals surface area contributed by atoms with E-state index >= 15 is 0 Å². The minimum absolute atomic E-state index is 0.144. The van der Waals surface area contributed by atoms with Gasteiger partial charge in [-0.3, -0.25) is 4.98 Å². The molecule has 0 aliphatic carbocycles. The Morgan fingerprint density at radius 2 is 1.84 bits per heavy atom. The van der Waals surface area contributed by atoms with Crippen molar-refractivity contribution in [3.63, 3.8) is 0 Å². The Kier molecular flexibility index (Phi) is 6.04. The first kappa shape index (κ1) is 17.9. The SMILES string of the molecule is O=S(=O)(CCc1ccccc1)NCC1CCN(c2cccnc2)CC1. The van der Waals surface area contributed by atoms with E-state index < -0.39 is 10.0 Å². The summed E-state index contributed by atoms with van der Waals surface area (Å²) in [4.78, 5) is 6.47. The van der Waals surface area contributed by atoms with Crippen LogP contribution in [-0.2, 0) is 16.4 Å². The van der Waals surface area contributed by atoms with Crippen molar-refractivity contribution >= 4 is 15.7 Å². The van der Waals surface area contributed by atoms with Crippen LogP contribution in [0.2, 0.25) is 0 Å². The Morgan fingerprint density at radius 3 is 2.52 bits per heavy atom. The van der Waals surface area contributed by atoms with Crippen molar-refractivity contribution in [1.29, 1.82) is 0 Å². The third kappa shape index (κ3) is 5.54. The molecule has 1 saturated heterocycles. The van der Waals surface area contributed by atoms with Crippen LogP contribution in [0.4, 0.5) is 5.69 Å². The van der Waals surface area contributed by atoms with Crippen LogP contribution in [0.3, 0.4) is 0 Å². The van der Waals surface area contributed by atoms with Gasteiger partial charge in [0.15, 0.2) is 0 Å². The summed E-state index contributed by atoms with van der Waals surface area (Å²) in [6, 6.07) is 13.8. The van der Waals surface area contributed by atoms with E-state index in [0.29, 0.717) is 18.9 Å². The van der Waals surface area contributed by atoms with Crippen LogP contribution < -0.4 is 9.62 Å². The molecule has 0 unspecified atom stereocenters. The minimum Gasteiger partial charge on any atom is -0.370 e. The number of anilines is 1. The zero-order chi connectivity index (χ0) is 17.5. The van der Waals surface area contributed by atoms with Crippen LogP contribution in [-0.4, -0.2) is 38.8 Å². The molecule has 0 radical (unpaired) electrons. The number of benzene rings is 1. The van der Waals surface area contributed by atoms with Crippen LogP contribution in [0.15, 0.2) is 54.9 Å². The quantitative estimate of drug-likeness (QED) is 0.825. The van der Waals surface area contributed by atoms with Crippen molar-refractivity contribution in [1.82, 2.24) is 9.71 Å². The maximum absolute atomic E-state index is 12.2. The van der Waals surface area contributed by atoms with E-state index in [1.54, 1.807) is 6.20 Å². The Hall–Kier alpha value is -1.92. The second-order valence-electron chi connectivity index (χ2n) is 6.54. The lowest BCUT2D eigenvalue weighted by Crippen LogP contribution is -2.39. The summed E-state index contributed by atoms with van der Waals surface area (Å²) < 4.78 is 27.2. The molecule has 6 heteroatoms. The number of aryl methyl sites for hydroxylation is 1. The van der Waals surface area contributed by atoms with Gasteiger partial charge < -0.3 is 4.90 Å². The molecule has 1 aromatic carbocycles. The number of pyridine rings is 1. The molecule has 0 amide bonds. The predicted molar refractivity (Wildman–Crippen MR) is 101 cm³/mol. The number of nitrogens with one attached hydrogen (secondary N) is 1. The zero-order valence-electron chi connectivity index (χ0n) is 14.3. The van der Waals surface area contributed by atoms with Gasteiger partial charge in [0.1, 0.15) is 0 Å². The fraction of sp³-hybridized carbons (Fsp3) is 0.421. The molecule has 0 atom stereocenters. The largest absolute Gasteiger partial charge is 0.370 e. The van der Waals surface area contributed by atoms with Crippen molar-refractivity contribution in [2.24, 2.45) is 5.92 Å². The molecule has 1 N–H and O–H groups in total. The van der Waals surface area contributed by atoms with Crippen LogP contribution in [0.25, 0.3) is 0 Å². The van der Waals surface area contributed by atoms with Crippen LogP contribution in [0.1, 0.15) is 18.4 Å². The van der Waals surface area contributed by atoms with Crippen molar-refractivity contribution in [3.05, 3.63) is 60.4 Å². The number of aromatic nitrogens is 1. The van der Waals surface area contributed by atoms with Gasteiger partial charge in [-0.15, -0.1) is 0 Å². The summed E-state index contributed by atoms with van der Waals surface area (Å²) in [7, 11) is -3.22. The fourth-order valence-corrected chi connectivity index (χ4v) is 4.29. The average Bonchev–Trinajstić information content (AvgIpc) is 2.67. The average molecular weight is 359 g/mol. The van der Waals surface area contributed by atoms with E-state index in [1.165, 1.54) is 0 Å². The molecular weight excluding hydrogens is 334 g/mol. The molecule has 1 aromatic heterocycles. The molecule has 25 heavy (non-hydrogen) atoms. The summed E-state index contributed by atoms with van der Waals surface area (Å²) in [5, 5.41) is 0. The third-order valence-electron chi connectivity index (χ3n) is 4.72. The van der Waals surface area contributed by atoms with Gasteiger partial charge in [0, 0.05) is 25.8 Å². The molecule has 0 saturated carbocycles. The Morgan fingerprint density at radius 1 is 1.08 bits per heavy atom. The van der Waals surface area contributed by atoms with Crippen LogP contribution >= 0.6 is 0 Å². The summed E-state index contributed by atoms with van der Waals surface area (Å²) in [6.45, 7) is 2.43. The molecule has 1 aliphatic heterocycles. The first-order valence-corrected chi connectivity index (χ1v) is 10.4. The highest BCUT2D eigenvalue weighted by atomic mass is 32.2. The van der Waals surface area contributed by atoms with E-state index in [9.17, 15) is 8.42 Å². The number of hydrogen-bond acceptors (Lipinski definition) is 4.